The first kappa shape index (κ1) is 9.55. The zero-order valence-electron chi connectivity index (χ0n) is 9.80. The lowest BCUT2D eigenvalue weighted by molar-refractivity contribution is 0.113. The Labute approximate surface area is 83.1 Å². The van der Waals surface area contributed by atoms with Gasteiger partial charge in [0.05, 0.1) is 0 Å². The summed E-state index contributed by atoms with van der Waals surface area (Å²) < 4.78 is 0. The quantitative estimate of drug-likeness (QED) is 0.614. The summed E-state index contributed by atoms with van der Waals surface area (Å²) in [5.41, 5.74) is 0.787. The fourth-order valence-electron chi connectivity index (χ4n) is 3.93. The first-order chi connectivity index (χ1) is 6.06. The summed E-state index contributed by atoms with van der Waals surface area (Å²) in [6, 6.07) is 0. The molecule has 4 unspecified atom stereocenters. The summed E-state index contributed by atoms with van der Waals surface area (Å²) in [6.45, 7) is 12.1. The minimum Gasteiger partial charge on any atom is -0.0651 e. The molecule has 0 spiro atoms. The molecule has 0 aliphatic heterocycles. The summed E-state index contributed by atoms with van der Waals surface area (Å²) in [6.07, 6.45) is 2.91. The third-order valence-electron chi connectivity index (χ3n) is 5.25. The number of rotatable bonds is 4. The topological polar surface area (TPSA) is 0 Å². The maximum Gasteiger partial charge on any atom is -0.0184 e. The van der Waals surface area contributed by atoms with E-state index in [9.17, 15) is 0 Å². The Bertz CT molecular complexity index is 196. The summed E-state index contributed by atoms with van der Waals surface area (Å²) in [7, 11) is 0. The minimum atomic E-state index is 0.787. The fourth-order valence-corrected chi connectivity index (χ4v) is 3.93. The van der Waals surface area contributed by atoms with Gasteiger partial charge in [-0.15, -0.1) is 0 Å². The second-order valence-corrected chi connectivity index (χ2v) is 5.78. The highest BCUT2D eigenvalue weighted by atomic mass is 14.8. The van der Waals surface area contributed by atoms with E-state index in [2.05, 4.69) is 34.6 Å². The highest BCUT2D eigenvalue weighted by Crippen LogP contribution is 2.83. The first-order valence-corrected chi connectivity index (χ1v) is 6.06. The van der Waals surface area contributed by atoms with Crippen LogP contribution in [0.5, 0.6) is 0 Å². The lowest BCUT2D eigenvalue weighted by Crippen LogP contribution is -2.31. The van der Waals surface area contributed by atoms with E-state index in [4.69, 9.17) is 0 Å². The van der Waals surface area contributed by atoms with Crippen molar-refractivity contribution in [3.8, 4) is 0 Å². The Morgan fingerprint density at radius 2 is 1.69 bits per heavy atom. The Morgan fingerprint density at radius 3 is 1.92 bits per heavy atom. The van der Waals surface area contributed by atoms with Crippen LogP contribution in [0.2, 0.25) is 0 Å². The monoisotopic (exact) mass is 180 g/mol. The lowest BCUT2D eigenvalue weighted by Gasteiger charge is -2.37. The summed E-state index contributed by atoms with van der Waals surface area (Å²) in [4.78, 5) is 0. The molecule has 2 rings (SSSR count). The van der Waals surface area contributed by atoms with Gasteiger partial charge in [-0.3, -0.25) is 0 Å². The van der Waals surface area contributed by atoms with E-state index < -0.39 is 0 Å². The molecule has 2 aliphatic rings. The normalized spacial score (nSPS) is 45.7. The standard InChI is InChI=1S/C13H24/c1-6-9(4)10(5)13(8(2)3)11-7-12(11)13/h8-12H,6-7H2,1-5H3. The predicted molar refractivity (Wildman–Crippen MR) is 57.5 cm³/mol. The van der Waals surface area contributed by atoms with Gasteiger partial charge in [0.15, 0.2) is 0 Å². The van der Waals surface area contributed by atoms with Crippen LogP contribution in [0.15, 0.2) is 0 Å². The third kappa shape index (κ3) is 1.04. The van der Waals surface area contributed by atoms with E-state index in [0.717, 1.165) is 35.0 Å². The highest BCUT2D eigenvalue weighted by molar-refractivity contribution is 5.26. The van der Waals surface area contributed by atoms with Gasteiger partial charge in [0.1, 0.15) is 0 Å². The minimum absolute atomic E-state index is 0.787. The molecule has 0 aromatic heterocycles. The molecule has 2 aliphatic carbocycles. The highest BCUT2D eigenvalue weighted by Gasteiger charge is 2.78. The molecule has 0 heterocycles. The lowest BCUT2D eigenvalue weighted by atomic mass is 9.68. The summed E-state index contributed by atoms with van der Waals surface area (Å²) >= 11 is 0. The van der Waals surface area contributed by atoms with Gasteiger partial charge in [-0.1, -0.05) is 41.0 Å². The Morgan fingerprint density at radius 1 is 1.15 bits per heavy atom. The smallest absolute Gasteiger partial charge is 0.0184 e. The molecule has 76 valence electrons. The molecular formula is C13H24. The van der Waals surface area contributed by atoms with Gasteiger partial charge in [-0.2, -0.15) is 0 Å². The number of hydrogen-bond acceptors (Lipinski definition) is 0. The van der Waals surface area contributed by atoms with Crippen molar-refractivity contribution in [3.63, 3.8) is 0 Å². The van der Waals surface area contributed by atoms with E-state index in [1.807, 2.05) is 0 Å². The third-order valence-corrected chi connectivity index (χ3v) is 5.25. The van der Waals surface area contributed by atoms with Crippen molar-refractivity contribution in [3.05, 3.63) is 0 Å². The van der Waals surface area contributed by atoms with E-state index in [-0.39, 0.29) is 0 Å². The summed E-state index contributed by atoms with van der Waals surface area (Å²) in [5.74, 6) is 5.07. The fraction of sp³-hybridized carbons (Fsp3) is 1.00. The van der Waals surface area contributed by atoms with Gasteiger partial charge in [-0.05, 0) is 41.4 Å². The average molecular weight is 180 g/mol. The molecule has 13 heavy (non-hydrogen) atoms. The van der Waals surface area contributed by atoms with Gasteiger partial charge < -0.3 is 0 Å². The molecule has 0 heteroatoms. The van der Waals surface area contributed by atoms with Crippen LogP contribution in [0, 0.1) is 35.0 Å². The van der Waals surface area contributed by atoms with Crippen LogP contribution in [0.25, 0.3) is 0 Å². The van der Waals surface area contributed by atoms with Crippen LogP contribution in [-0.4, -0.2) is 0 Å². The average Bonchev–Trinajstić information content (AvgIpc) is 2.89. The zero-order chi connectivity index (χ0) is 9.80. The SMILES string of the molecule is CCC(C)C(C)C1(C(C)C)C2CC21. The van der Waals surface area contributed by atoms with Gasteiger partial charge in [-0.25, -0.2) is 0 Å². The molecule has 0 nitrogen and oxygen atoms in total. The van der Waals surface area contributed by atoms with Gasteiger partial charge in [0.2, 0.25) is 0 Å². The van der Waals surface area contributed by atoms with Crippen molar-refractivity contribution in [1.29, 1.82) is 0 Å². The number of hydrogen-bond donors (Lipinski definition) is 0. The molecule has 0 N–H and O–H groups in total. The van der Waals surface area contributed by atoms with Gasteiger partial charge in [0.25, 0.3) is 0 Å². The molecule has 0 aromatic rings. The number of fused-ring (bicyclic) bond motifs is 1. The Kier molecular flexibility index (Phi) is 2.02. The molecule has 2 fully saturated rings. The first-order valence-electron chi connectivity index (χ1n) is 6.06. The molecule has 0 bridgehead atoms. The molecule has 0 aromatic carbocycles. The van der Waals surface area contributed by atoms with Crippen LogP contribution in [0.3, 0.4) is 0 Å². The van der Waals surface area contributed by atoms with E-state index >= 15 is 0 Å². The van der Waals surface area contributed by atoms with Gasteiger partial charge in [0, 0.05) is 0 Å². The van der Waals surface area contributed by atoms with Crippen molar-refractivity contribution in [2.75, 3.05) is 0 Å². The molecular weight excluding hydrogens is 156 g/mol. The van der Waals surface area contributed by atoms with Crippen molar-refractivity contribution in [1.82, 2.24) is 0 Å². The second kappa shape index (κ2) is 2.74. The van der Waals surface area contributed by atoms with E-state index in [1.165, 1.54) is 6.42 Å². The largest absolute Gasteiger partial charge is 0.0651 e. The molecule has 2 saturated carbocycles. The van der Waals surface area contributed by atoms with Crippen molar-refractivity contribution in [2.24, 2.45) is 35.0 Å². The van der Waals surface area contributed by atoms with Crippen LogP contribution >= 0.6 is 0 Å². The summed E-state index contributed by atoms with van der Waals surface area (Å²) in [5, 5.41) is 0. The maximum absolute atomic E-state index is 2.50. The van der Waals surface area contributed by atoms with Gasteiger partial charge >= 0.3 is 0 Å². The van der Waals surface area contributed by atoms with E-state index in [0.29, 0.717) is 0 Å². The molecule has 0 radical (unpaired) electrons. The molecule has 0 saturated heterocycles. The molecule has 4 atom stereocenters. The van der Waals surface area contributed by atoms with Crippen molar-refractivity contribution < 1.29 is 0 Å². The Balaban J connectivity index is 2.06. The van der Waals surface area contributed by atoms with Crippen LogP contribution in [-0.2, 0) is 0 Å². The Hall–Kier alpha value is 0. The van der Waals surface area contributed by atoms with Crippen LogP contribution in [0.4, 0.5) is 0 Å². The van der Waals surface area contributed by atoms with Crippen LogP contribution < -0.4 is 0 Å². The van der Waals surface area contributed by atoms with Crippen molar-refractivity contribution >= 4 is 0 Å². The van der Waals surface area contributed by atoms with Crippen molar-refractivity contribution in [2.45, 2.75) is 47.5 Å². The second-order valence-electron chi connectivity index (χ2n) is 5.78. The predicted octanol–water partition coefficient (Wildman–Crippen LogP) is 3.96. The zero-order valence-corrected chi connectivity index (χ0v) is 9.80. The van der Waals surface area contributed by atoms with E-state index in [1.54, 1.807) is 6.42 Å². The van der Waals surface area contributed by atoms with Crippen LogP contribution in [0.1, 0.15) is 47.5 Å². The molecule has 0 amide bonds. The maximum atomic E-state index is 2.50.